The van der Waals surface area contributed by atoms with Crippen LogP contribution < -0.4 is 5.32 Å². The van der Waals surface area contributed by atoms with E-state index in [9.17, 15) is 4.79 Å². The predicted molar refractivity (Wildman–Crippen MR) is 90.0 cm³/mol. The number of thiophene rings is 1. The molecule has 4 rings (SSSR count). The number of anilines is 1. The highest BCUT2D eigenvalue weighted by Gasteiger charge is 2.34. The van der Waals surface area contributed by atoms with Crippen LogP contribution in [-0.4, -0.2) is 38.0 Å². The first-order valence-electron chi connectivity index (χ1n) is 7.46. The number of aromatic nitrogens is 4. The zero-order valence-corrected chi connectivity index (χ0v) is 14.4. The quantitative estimate of drug-likeness (QED) is 0.767. The minimum atomic E-state index is -0.200. The van der Waals surface area contributed by atoms with Crippen LogP contribution in [0.1, 0.15) is 30.3 Å². The van der Waals surface area contributed by atoms with E-state index in [2.05, 4.69) is 25.8 Å². The Kier molecular flexibility index (Phi) is 3.98. The maximum absolute atomic E-state index is 12.6. The summed E-state index contributed by atoms with van der Waals surface area (Å²) < 4.78 is 4.77. The summed E-state index contributed by atoms with van der Waals surface area (Å²) in [6.45, 7) is 2.50. The van der Waals surface area contributed by atoms with Gasteiger partial charge in [0.1, 0.15) is 11.4 Å². The fourth-order valence-electron chi connectivity index (χ4n) is 2.77. The maximum Gasteiger partial charge on any atom is 0.324 e. The van der Waals surface area contributed by atoms with Gasteiger partial charge in [0.15, 0.2) is 5.01 Å². The lowest BCUT2D eigenvalue weighted by Crippen LogP contribution is -2.34. The SMILES string of the molecule is Cc1nonc1[C@@H]1CCCN1C(=O)Nc1nnc(-c2cccs2)s1. The van der Waals surface area contributed by atoms with Crippen molar-refractivity contribution in [3.8, 4) is 9.88 Å². The first-order valence-corrected chi connectivity index (χ1v) is 9.16. The summed E-state index contributed by atoms with van der Waals surface area (Å²) in [7, 11) is 0. The van der Waals surface area contributed by atoms with E-state index < -0.39 is 0 Å². The number of carbonyl (C=O) groups is 1. The van der Waals surface area contributed by atoms with Crippen LogP contribution in [0.4, 0.5) is 9.93 Å². The second-order valence-corrected chi connectivity index (χ2v) is 7.33. The molecule has 10 heteroatoms. The van der Waals surface area contributed by atoms with Crippen LogP contribution in [0.5, 0.6) is 0 Å². The monoisotopic (exact) mass is 362 g/mol. The van der Waals surface area contributed by atoms with Gasteiger partial charge in [-0.3, -0.25) is 5.32 Å². The first kappa shape index (κ1) is 15.2. The van der Waals surface area contributed by atoms with E-state index in [0.717, 1.165) is 34.1 Å². The maximum atomic E-state index is 12.6. The van der Waals surface area contributed by atoms with Crippen molar-refractivity contribution in [1.29, 1.82) is 0 Å². The van der Waals surface area contributed by atoms with E-state index in [1.807, 2.05) is 24.4 Å². The van der Waals surface area contributed by atoms with Crippen molar-refractivity contribution in [3.05, 3.63) is 28.9 Å². The standard InChI is InChI=1S/C14H14N6O2S2/c1-8-11(19-22-18-8)9-4-2-6-20(9)14(21)15-13-17-16-12(24-13)10-5-3-7-23-10/h3,5,7,9H,2,4,6H2,1H3,(H,15,17,21)/t9-/m0/s1. The molecule has 1 fully saturated rings. The molecule has 0 aromatic carbocycles. The Labute approximate surface area is 145 Å². The Hall–Kier alpha value is -2.33. The number of hydrogen-bond acceptors (Lipinski definition) is 8. The Balaban J connectivity index is 1.49. The second-order valence-electron chi connectivity index (χ2n) is 5.41. The summed E-state index contributed by atoms with van der Waals surface area (Å²) >= 11 is 2.96. The molecule has 0 aliphatic carbocycles. The molecule has 1 atom stereocenters. The number of aryl methyl sites for hydroxylation is 1. The molecule has 3 aromatic heterocycles. The Morgan fingerprint density at radius 3 is 3.08 bits per heavy atom. The van der Waals surface area contributed by atoms with Crippen LogP contribution in [-0.2, 0) is 0 Å². The van der Waals surface area contributed by atoms with Gasteiger partial charge in [-0.2, -0.15) is 0 Å². The number of amides is 2. The van der Waals surface area contributed by atoms with Crippen LogP contribution in [0, 0.1) is 6.92 Å². The van der Waals surface area contributed by atoms with E-state index in [1.54, 1.807) is 16.2 Å². The molecule has 24 heavy (non-hydrogen) atoms. The normalized spacial score (nSPS) is 17.4. The Morgan fingerprint density at radius 2 is 2.33 bits per heavy atom. The summed E-state index contributed by atoms with van der Waals surface area (Å²) in [5.41, 5.74) is 1.44. The summed E-state index contributed by atoms with van der Waals surface area (Å²) in [6, 6.07) is 3.63. The molecule has 0 radical (unpaired) electrons. The number of carbonyl (C=O) groups excluding carboxylic acids is 1. The van der Waals surface area contributed by atoms with Gasteiger partial charge >= 0.3 is 6.03 Å². The molecule has 4 heterocycles. The van der Waals surface area contributed by atoms with Gasteiger partial charge in [0, 0.05) is 6.54 Å². The lowest BCUT2D eigenvalue weighted by Gasteiger charge is -2.22. The third kappa shape index (κ3) is 2.78. The average molecular weight is 362 g/mol. The fourth-order valence-corrected chi connectivity index (χ4v) is 4.30. The zero-order valence-electron chi connectivity index (χ0n) is 12.8. The number of hydrogen-bond donors (Lipinski definition) is 1. The molecule has 1 saturated heterocycles. The highest BCUT2D eigenvalue weighted by molar-refractivity contribution is 7.23. The third-order valence-corrected chi connectivity index (χ3v) is 5.77. The molecule has 8 nitrogen and oxygen atoms in total. The fraction of sp³-hybridized carbons (Fsp3) is 0.357. The van der Waals surface area contributed by atoms with Crippen molar-refractivity contribution in [1.82, 2.24) is 25.4 Å². The average Bonchev–Trinajstić information content (AvgIpc) is 3.34. The summed E-state index contributed by atoms with van der Waals surface area (Å²) in [5, 5.41) is 22.0. The van der Waals surface area contributed by atoms with E-state index in [-0.39, 0.29) is 12.1 Å². The van der Waals surface area contributed by atoms with Gasteiger partial charge < -0.3 is 4.90 Å². The minimum Gasteiger partial charge on any atom is -0.316 e. The molecule has 3 aromatic rings. The molecule has 1 aliphatic heterocycles. The molecule has 0 bridgehead atoms. The molecule has 0 saturated carbocycles. The van der Waals surface area contributed by atoms with Gasteiger partial charge in [0.05, 0.1) is 10.9 Å². The van der Waals surface area contributed by atoms with Gasteiger partial charge in [-0.15, -0.1) is 21.5 Å². The number of nitrogens with one attached hydrogen (secondary N) is 1. The molecule has 1 N–H and O–H groups in total. The number of urea groups is 1. The van der Waals surface area contributed by atoms with Crippen molar-refractivity contribution in [3.63, 3.8) is 0 Å². The number of likely N-dealkylation sites (tertiary alicyclic amines) is 1. The van der Waals surface area contributed by atoms with Crippen LogP contribution >= 0.6 is 22.7 Å². The van der Waals surface area contributed by atoms with Gasteiger partial charge in [-0.1, -0.05) is 27.7 Å². The van der Waals surface area contributed by atoms with E-state index in [0.29, 0.717) is 11.7 Å². The van der Waals surface area contributed by atoms with E-state index in [1.165, 1.54) is 11.3 Å². The molecule has 2 amide bonds. The van der Waals surface area contributed by atoms with E-state index >= 15 is 0 Å². The summed E-state index contributed by atoms with van der Waals surface area (Å²) in [6.07, 6.45) is 1.76. The van der Waals surface area contributed by atoms with Crippen LogP contribution in [0.2, 0.25) is 0 Å². The first-order chi connectivity index (χ1) is 11.7. The van der Waals surface area contributed by atoms with Crippen LogP contribution in [0.15, 0.2) is 22.1 Å². The van der Waals surface area contributed by atoms with E-state index in [4.69, 9.17) is 4.63 Å². The molecule has 0 unspecified atom stereocenters. The molecule has 0 spiro atoms. The minimum absolute atomic E-state index is 0.110. The molecular formula is C14H14N6O2S2. The van der Waals surface area contributed by atoms with Crippen molar-refractivity contribution in [2.75, 3.05) is 11.9 Å². The van der Waals surface area contributed by atoms with Crippen molar-refractivity contribution >= 4 is 33.8 Å². The number of nitrogens with zero attached hydrogens (tertiary/aromatic N) is 5. The van der Waals surface area contributed by atoms with Gasteiger partial charge in [-0.25, -0.2) is 9.42 Å². The topological polar surface area (TPSA) is 97.0 Å². The van der Waals surface area contributed by atoms with Crippen LogP contribution in [0.3, 0.4) is 0 Å². The van der Waals surface area contributed by atoms with Crippen molar-refractivity contribution in [2.45, 2.75) is 25.8 Å². The predicted octanol–water partition coefficient (Wildman–Crippen LogP) is 3.33. The zero-order chi connectivity index (χ0) is 16.5. The smallest absolute Gasteiger partial charge is 0.316 e. The van der Waals surface area contributed by atoms with Crippen molar-refractivity contribution in [2.24, 2.45) is 0 Å². The van der Waals surface area contributed by atoms with Crippen LogP contribution in [0.25, 0.3) is 9.88 Å². The largest absolute Gasteiger partial charge is 0.324 e. The molecular weight excluding hydrogens is 348 g/mol. The van der Waals surface area contributed by atoms with Gasteiger partial charge in [-0.05, 0) is 31.2 Å². The summed E-state index contributed by atoms with van der Waals surface area (Å²) in [5.74, 6) is 0. The van der Waals surface area contributed by atoms with Gasteiger partial charge in [0.25, 0.3) is 0 Å². The van der Waals surface area contributed by atoms with Crippen molar-refractivity contribution < 1.29 is 9.42 Å². The highest BCUT2D eigenvalue weighted by Crippen LogP contribution is 2.34. The lowest BCUT2D eigenvalue weighted by molar-refractivity contribution is 0.203. The Bertz CT molecular complexity index is 843. The molecule has 1 aliphatic rings. The lowest BCUT2D eigenvalue weighted by atomic mass is 10.1. The Morgan fingerprint density at radius 1 is 1.42 bits per heavy atom. The third-order valence-electron chi connectivity index (χ3n) is 3.89. The molecule has 124 valence electrons. The second kappa shape index (κ2) is 6.29. The van der Waals surface area contributed by atoms with Gasteiger partial charge in [0.2, 0.25) is 5.13 Å². The number of rotatable bonds is 3. The summed E-state index contributed by atoms with van der Waals surface area (Å²) in [4.78, 5) is 15.4. The highest BCUT2D eigenvalue weighted by atomic mass is 32.1.